The highest BCUT2D eigenvalue weighted by Gasteiger charge is 2.34. The van der Waals surface area contributed by atoms with E-state index in [0.717, 1.165) is 12.8 Å². The number of likely N-dealkylation sites (tertiary alicyclic amines) is 1. The second-order valence-corrected chi connectivity index (χ2v) is 4.25. The van der Waals surface area contributed by atoms with E-state index in [9.17, 15) is 9.59 Å². The molecule has 1 aliphatic rings. The average Bonchev–Trinajstić information content (AvgIpc) is 2.68. The maximum atomic E-state index is 11.7. The van der Waals surface area contributed by atoms with Gasteiger partial charge in [-0.2, -0.15) is 0 Å². The molecule has 1 atom stereocenters. The topological polar surface area (TPSA) is 55.8 Å². The number of hydrogen-bond acceptors (Lipinski definition) is 4. The summed E-state index contributed by atoms with van der Waals surface area (Å²) in [6, 6.07) is 0. The molecule has 0 saturated carbocycles. The Morgan fingerprint density at radius 1 is 1.47 bits per heavy atom. The van der Waals surface area contributed by atoms with E-state index in [4.69, 9.17) is 9.47 Å². The molecule has 1 saturated heterocycles. The van der Waals surface area contributed by atoms with E-state index >= 15 is 0 Å². The Morgan fingerprint density at radius 3 is 2.88 bits per heavy atom. The van der Waals surface area contributed by atoms with Gasteiger partial charge >= 0.3 is 5.97 Å². The smallest absolute Gasteiger partial charge is 0.311 e. The van der Waals surface area contributed by atoms with Crippen LogP contribution in [0.2, 0.25) is 0 Å². The fourth-order valence-corrected chi connectivity index (χ4v) is 1.78. The molecule has 0 aromatic carbocycles. The zero-order valence-corrected chi connectivity index (χ0v) is 10.6. The number of hydrogen-bond donors (Lipinski definition) is 0. The predicted octanol–water partition coefficient (Wildman–Crippen LogP) is 0.825. The highest BCUT2D eigenvalue weighted by Crippen LogP contribution is 2.18. The van der Waals surface area contributed by atoms with Crippen molar-refractivity contribution in [2.75, 3.05) is 33.4 Å². The average molecular weight is 243 g/mol. The maximum absolute atomic E-state index is 11.7. The molecule has 0 aliphatic carbocycles. The summed E-state index contributed by atoms with van der Waals surface area (Å²) >= 11 is 0. The summed E-state index contributed by atoms with van der Waals surface area (Å²) in [5.41, 5.74) is 0. The van der Waals surface area contributed by atoms with Crippen LogP contribution >= 0.6 is 0 Å². The van der Waals surface area contributed by atoms with Crippen molar-refractivity contribution < 1.29 is 19.1 Å². The van der Waals surface area contributed by atoms with E-state index < -0.39 is 0 Å². The van der Waals surface area contributed by atoms with Crippen molar-refractivity contribution in [1.82, 2.24) is 4.90 Å². The fourth-order valence-electron chi connectivity index (χ4n) is 1.78. The van der Waals surface area contributed by atoms with E-state index in [1.807, 2.05) is 6.92 Å². The molecule has 1 fully saturated rings. The third-order valence-electron chi connectivity index (χ3n) is 2.86. The molecule has 0 bridgehead atoms. The molecule has 17 heavy (non-hydrogen) atoms. The van der Waals surface area contributed by atoms with E-state index in [1.54, 1.807) is 12.0 Å². The summed E-state index contributed by atoms with van der Waals surface area (Å²) in [4.78, 5) is 24.9. The summed E-state index contributed by atoms with van der Waals surface area (Å²) in [6.07, 6.45) is 2.14. The Bertz CT molecular complexity index is 267. The Labute approximate surface area is 102 Å². The van der Waals surface area contributed by atoms with Crippen molar-refractivity contribution in [2.24, 2.45) is 5.92 Å². The Balaban J connectivity index is 2.31. The van der Waals surface area contributed by atoms with Crippen molar-refractivity contribution in [3.05, 3.63) is 0 Å². The number of rotatable bonds is 7. The van der Waals surface area contributed by atoms with Crippen molar-refractivity contribution in [3.8, 4) is 0 Å². The first-order valence-electron chi connectivity index (χ1n) is 6.12. The summed E-state index contributed by atoms with van der Waals surface area (Å²) in [7, 11) is 1.59. The van der Waals surface area contributed by atoms with Gasteiger partial charge in [-0.05, 0) is 6.42 Å². The number of nitrogens with zero attached hydrogens (tertiary/aromatic N) is 1. The molecule has 1 aliphatic heterocycles. The molecule has 5 heteroatoms. The molecule has 0 aromatic rings. The van der Waals surface area contributed by atoms with Crippen LogP contribution in [-0.4, -0.2) is 50.2 Å². The molecular formula is C12H21NO4. The van der Waals surface area contributed by atoms with Gasteiger partial charge in [0.15, 0.2) is 0 Å². The lowest BCUT2D eigenvalue weighted by molar-refractivity contribution is -0.148. The van der Waals surface area contributed by atoms with Crippen LogP contribution in [0.3, 0.4) is 0 Å². The van der Waals surface area contributed by atoms with Gasteiger partial charge < -0.3 is 14.4 Å². The third kappa shape index (κ3) is 4.34. The third-order valence-corrected chi connectivity index (χ3v) is 2.86. The molecule has 5 nitrogen and oxygen atoms in total. The second kappa shape index (κ2) is 7.27. The lowest BCUT2D eigenvalue weighted by Crippen LogP contribution is -2.30. The molecule has 98 valence electrons. The zero-order chi connectivity index (χ0) is 12.7. The highest BCUT2D eigenvalue weighted by atomic mass is 16.5. The second-order valence-electron chi connectivity index (χ2n) is 4.25. The number of carbonyl (C=O) groups excluding carboxylic acids is 2. The van der Waals surface area contributed by atoms with Gasteiger partial charge in [0.25, 0.3) is 0 Å². The van der Waals surface area contributed by atoms with Gasteiger partial charge in [-0.15, -0.1) is 0 Å². The summed E-state index contributed by atoms with van der Waals surface area (Å²) < 4.78 is 10.0. The first-order chi connectivity index (χ1) is 8.19. The number of unbranched alkanes of at least 4 members (excludes halogenated alkanes) is 1. The van der Waals surface area contributed by atoms with Gasteiger partial charge in [0.2, 0.25) is 5.91 Å². The largest absolute Gasteiger partial charge is 0.465 e. The molecule has 1 heterocycles. The Morgan fingerprint density at radius 2 is 2.24 bits per heavy atom. The van der Waals surface area contributed by atoms with Crippen LogP contribution < -0.4 is 0 Å². The van der Waals surface area contributed by atoms with Crippen LogP contribution in [0.25, 0.3) is 0 Å². The molecule has 0 radical (unpaired) electrons. The normalized spacial score (nSPS) is 19.8. The molecule has 1 unspecified atom stereocenters. The van der Waals surface area contributed by atoms with E-state index in [1.165, 1.54) is 0 Å². The van der Waals surface area contributed by atoms with Crippen LogP contribution in [-0.2, 0) is 19.1 Å². The van der Waals surface area contributed by atoms with Crippen LogP contribution in [0.15, 0.2) is 0 Å². The number of carbonyl (C=O) groups is 2. The van der Waals surface area contributed by atoms with Crippen molar-refractivity contribution in [1.29, 1.82) is 0 Å². The highest BCUT2D eigenvalue weighted by molar-refractivity contribution is 5.86. The zero-order valence-electron chi connectivity index (χ0n) is 10.6. The monoisotopic (exact) mass is 243 g/mol. The lowest BCUT2D eigenvalue weighted by Gasteiger charge is -2.15. The first kappa shape index (κ1) is 14.0. The fraction of sp³-hybridized carbons (Fsp3) is 0.833. The van der Waals surface area contributed by atoms with Crippen LogP contribution in [0.1, 0.15) is 26.2 Å². The van der Waals surface area contributed by atoms with Crippen LogP contribution in [0.5, 0.6) is 0 Å². The quantitative estimate of drug-likeness (QED) is 0.491. The van der Waals surface area contributed by atoms with Gasteiger partial charge in [-0.1, -0.05) is 13.3 Å². The summed E-state index contributed by atoms with van der Waals surface area (Å²) in [5, 5.41) is 0. The van der Waals surface area contributed by atoms with Gasteiger partial charge in [0.05, 0.1) is 19.1 Å². The Kier molecular flexibility index (Phi) is 5.97. The number of esters is 1. The molecular weight excluding hydrogens is 222 g/mol. The minimum Gasteiger partial charge on any atom is -0.465 e. The Hall–Kier alpha value is -1.10. The van der Waals surface area contributed by atoms with Gasteiger partial charge in [-0.3, -0.25) is 9.59 Å². The SMILES string of the molecule is CCCCOC(=O)C1CC(=O)N(CCOC)C1. The van der Waals surface area contributed by atoms with E-state index in [2.05, 4.69) is 0 Å². The molecule has 0 spiro atoms. The van der Waals surface area contributed by atoms with Crippen molar-refractivity contribution in [3.63, 3.8) is 0 Å². The standard InChI is InChI=1S/C12H21NO4/c1-3-4-6-17-12(15)10-8-11(14)13(9-10)5-7-16-2/h10H,3-9H2,1-2H3. The van der Waals surface area contributed by atoms with Crippen LogP contribution in [0, 0.1) is 5.92 Å². The van der Waals surface area contributed by atoms with E-state index in [0.29, 0.717) is 26.3 Å². The van der Waals surface area contributed by atoms with Crippen LogP contribution in [0.4, 0.5) is 0 Å². The number of methoxy groups -OCH3 is 1. The predicted molar refractivity (Wildman–Crippen MR) is 62.4 cm³/mol. The number of ether oxygens (including phenoxy) is 2. The van der Waals surface area contributed by atoms with E-state index in [-0.39, 0.29) is 24.2 Å². The van der Waals surface area contributed by atoms with Crippen molar-refractivity contribution in [2.45, 2.75) is 26.2 Å². The summed E-state index contributed by atoms with van der Waals surface area (Å²) in [6.45, 7) is 4.02. The maximum Gasteiger partial charge on any atom is 0.311 e. The minimum atomic E-state index is -0.295. The minimum absolute atomic E-state index is 0.0134. The summed E-state index contributed by atoms with van der Waals surface area (Å²) in [5.74, 6) is -0.526. The van der Waals surface area contributed by atoms with Gasteiger partial charge in [0, 0.05) is 26.6 Å². The van der Waals surface area contributed by atoms with Gasteiger partial charge in [0.1, 0.15) is 0 Å². The first-order valence-corrected chi connectivity index (χ1v) is 6.12. The van der Waals surface area contributed by atoms with Gasteiger partial charge in [-0.25, -0.2) is 0 Å². The van der Waals surface area contributed by atoms with Crippen molar-refractivity contribution >= 4 is 11.9 Å². The number of amides is 1. The lowest BCUT2D eigenvalue weighted by atomic mass is 10.1. The molecule has 1 amide bonds. The molecule has 0 aromatic heterocycles. The molecule has 0 N–H and O–H groups in total. The molecule has 1 rings (SSSR count).